The van der Waals surface area contributed by atoms with Gasteiger partial charge in [0.25, 0.3) is 0 Å². The van der Waals surface area contributed by atoms with E-state index in [9.17, 15) is 4.79 Å². The molecule has 0 rings (SSSR count). The Hall–Kier alpha value is -0.113. The normalized spacial score (nSPS) is 15.4. The predicted octanol–water partition coefficient (Wildman–Crippen LogP) is 4.25. The molecule has 0 heterocycles. The summed E-state index contributed by atoms with van der Waals surface area (Å²) in [6.07, 6.45) is 2.20. The van der Waals surface area contributed by atoms with Crippen molar-refractivity contribution in [2.24, 2.45) is 0 Å². The van der Waals surface area contributed by atoms with Crippen molar-refractivity contribution in [2.75, 3.05) is 0 Å². The Labute approximate surface area is 90.3 Å². The lowest BCUT2D eigenvalue weighted by molar-refractivity contribution is -0.117. The molecule has 1 nitrogen and oxygen atoms in total. The Morgan fingerprint density at radius 1 is 1.29 bits per heavy atom. The molecule has 0 aromatic heterocycles. The Morgan fingerprint density at radius 3 is 1.93 bits per heavy atom. The largest absolute Gasteiger partial charge is 0.300 e. The van der Waals surface area contributed by atoms with Crippen molar-refractivity contribution in [3.63, 3.8) is 0 Å². The van der Waals surface area contributed by atoms with Crippen LogP contribution in [0.25, 0.3) is 0 Å². The minimum absolute atomic E-state index is 0.318. The molecule has 0 aliphatic rings. The number of hydrogen-bond donors (Lipinski definition) is 0. The van der Waals surface area contributed by atoms with E-state index in [2.05, 4.69) is 40.8 Å². The van der Waals surface area contributed by atoms with Crippen molar-refractivity contribution in [1.29, 1.82) is 0 Å². The number of hydrogen-bond acceptors (Lipinski definition) is 1. The number of rotatable bonds is 4. The predicted molar refractivity (Wildman–Crippen MR) is 66.5 cm³/mol. The average Bonchev–Trinajstić information content (AvgIpc) is 1.96. The number of carbonyl (C=O) groups is 1. The van der Waals surface area contributed by atoms with Crippen LogP contribution >= 0.6 is 0 Å². The monoisotopic (exact) mass is 214 g/mol. The van der Waals surface area contributed by atoms with Crippen molar-refractivity contribution in [3.05, 3.63) is 0 Å². The van der Waals surface area contributed by atoms with Crippen molar-refractivity contribution in [2.45, 2.75) is 71.1 Å². The SMILES string of the molecule is CCC[C@@H](C(C)=O)[Si](C)(C)C(C)(C)C. The summed E-state index contributed by atoms with van der Waals surface area (Å²) in [4.78, 5) is 11.7. The molecule has 84 valence electrons. The minimum atomic E-state index is -1.47. The highest BCUT2D eigenvalue weighted by molar-refractivity contribution is 6.84. The molecular formula is C12H26OSi. The van der Waals surface area contributed by atoms with Gasteiger partial charge < -0.3 is 4.79 Å². The van der Waals surface area contributed by atoms with E-state index < -0.39 is 8.07 Å². The molecule has 0 N–H and O–H groups in total. The Balaban J connectivity index is 4.90. The molecular weight excluding hydrogens is 188 g/mol. The number of ketones is 1. The average molecular weight is 214 g/mol. The van der Waals surface area contributed by atoms with Crippen molar-refractivity contribution < 1.29 is 4.79 Å². The van der Waals surface area contributed by atoms with Crippen LogP contribution in [0.3, 0.4) is 0 Å². The molecule has 0 bridgehead atoms. The van der Waals surface area contributed by atoms with Gasteiger partial charge in [-0.15, -0.1) is 0 Å². The van der Waals surface area contributed by atoms with Gasteiger partial charge in [0.2, 0.25) is 0 Å². The highest BCUT2D eigenvalue weighted by Gasteiger charge is 2.43. The van der Waals surface area contributed by atoms with Crippen LogP contribution in [0, 0.1) is 0 Å². The highest BCUT2D eigenvalue weighted by atomic mass is 28.3. The summed E-state index contributed by atoms with van der Waals surface area (Å²) in [7, 11) is -1.47. The second-order valence-electron chi connectivity index (χ2n) is 5.92. The third kappa shape index (κ3) is 2.94. The van der Waals surface area contributed by atoms with Gasteiger partial charge in [0.05, 0.1) is 8.07 Å². The Morgan fingerprint density at radius 2 is 1.71 bits per heavy atom. The number of Topliss-reactive ketones (excluding diaryl/α,β-unsaturated/α-hetero) is 1. The fourth-order valence-corrected chi connectivity index (χ4v) is 4.96. The van der Waals surface area contributed by atoms with Gasteiger partial charge in [-0.25, -0.2) is 0 Å². The van der Waals surface area contributed by atoms with E-state index in [1.165, 1.54) is 0 Å². The third-order valence-electron chi connectivity index (χ3n) is 3.87. The first-order valence-corrected chi connectivity index (χ1v) is 8.72. The number of carbonyl (C=O) groups excluding carboxylic acids is 1. The Bertz CT molecular complexity index is 201. The van der Waals surface area contributed by atoms with Gasteiger partial charge in [0.15, 0.2) is 0 Å². The van der Waals surface area contributed by atoms with Gasteiger partial charge in [-0.1, -0.05) is 47.2 Å². The van der Waals surface area contributed by atoms with Crippen LogP contribution in [0.1, 0.15) is 47.5 Å². The van der Waals surface area contributed by atoms with Crippen LogP contribution in [0.15, 0.2) is 0 Å². The molecule has 0 radical (unpaired) electrons. The van der Waals surface area contributed by atoms with E-state index in [4.69, 9.17) is 0 Å². The maximum atomic E-state index is 11.7. The van der Waals surface area contributed by atoms with Gasteiger partial charge in [-0.2, -0.15) is 0 Å². The molecule has 0 unspecified atom stereocenters. The van der Waals surface area contributed by atoms with Gasteiger partial charge in [0.1, 0.15) is 5.78 Å². The topological polar surface area (TPSA) is 17.1 Å². The van der Waals surface area contributed by atoms with Gasteiger partial charge >= 0.3 is 0 Å². The van der Waals surface area contributed by atoms with E-state index in [1.807, 2.05) is 0 Å². The van der Waals surface area contributed by atoms with Crippen LogP contribution in [-0.2, 0) is 4.79 Å². The van der Waals surface area contributed by atoms with Crippen LogP contribution in [0.5, 0.6) is 0 Å². The molecule has 0 saturated heterocycles. The summed E-state index contributed by atoms with van der Waals surface area (Å²) in [5.74, 6) is 0.401. The fraction of sp³-hybridized carbons (Fsp3) is 0.917. The van der Waals surface area contributed by atoms with E-state index in [0.29, 0.717) is 16.4 Å². The standard InChI is InChI=1S/C12H26OSi/c1-8-9-11(10(2)13)14(6,7)12(3,4)5/h11H,8-9H2,1-7H3/t11-/m0/s1. The smallest absolute Gasteiger partial charge is 0.130 e. The van der Waals surface area contributed by atoms with Gasteiger partial charge in [-0.3, -0.25) is 0 Å². The highest BCUT2D eigenvalue weighted by Crippen LogP contribution is 2.45. The first kappa shape index (κ1) is 13.9. The van der Waals surface area contributed by atoms with Crippen LogP contribution < -0.4 is 0 Å². The lowest BCUT2D eigenvalue weighted by atomic mass is 10.2. The van der Waals surface area contributed by atoms with Crippen molar-refractivity contribution >= 4 is 13.9 Å². The van der Waals surface area contributed by atoms with Gasteiger partial charge in [-0.05, 0) is 18.4 Å². The zero-order chi connectivity index (χ0) is 11.6. The summed E-state index contributed by atoms with van der Waals surface area (Å²) in [5.41, 5.74) is 0.340. The van der Waals surface area contributed by atoms with Crippen LogP contribution in [0.4, 0.5) is 0 Å². The van der Waals surface area contributed by atoms with E-state index in [-0.39, 0.29) is 0 Å². The van der Waals surface area contributed by atoms with E-state index >= 15 is 0 Å². The minimum Gasteiger partial charge on any atom is -0.300 e. The molecule has 0 saturated carbocycles. The second kappa shape index (κ2) is 4.60. The van der Waals surface area contributed by atoms with Crippen LogP contribution in [-0.4, -0.2) is 13.9 Å². The second-order valence-corrected chi connectivity index (χ2v) is 11.6. The molecule has 0 aliphatic heterocycles. The molecule has 2 heteroatoms. The molecule has 0 fully saturated rings. The Kier molecular flexibility index (Phi) is 4.57. The zero-order valence-electron chi connectivity index (χ0n) is 10.9. The van der Waals surface area contributed by atoms with E-state index in [1.54, 1.807) is 6.92 Å². The quantitative estimate of drug-likeness (QED) is 0.639. The summed E-state index contributed by atoms with van der Waals surface area (Å²) in [5, 5.41) is 0.318. The molecule has 0 spiro atoms. The van der Waals surface area contributed by atoms with E-state index in [0.717, 1.165) is 12.8 Å². The molecule has 0 aromatic carbocycles. The first-order chi connectivity index (χ1) is 6.14. The first-order valence-electron chi connectivity index (χ1n) is 5.65. The maximum absolute atomic E-state index is 11.7. The molecule has 0 aromatic rings. The van der Waals surface area contributed by atoms with Gasteiger partial charge in [0, 0.05) is 5.54 Å². The molecule has 0 aliphatic carbocycles. The summed E-state index contributed by atoms with van der Waals surface area (Å²) in [6, 6.07) is 0. The summed E-state index contributed by atoms with van der Waals surface area (Å²) in [6.45, 7) is 15.5. The maximum Gasteiger partial charge on any atom is 0.130 e. The molecule has 0 amide bonds. The lowest BCUT2D eigenvalue weighted by Crippen LogP contribution is -2.44. The molecule has 1 atom stereocenters. The third-order valence-corrected chi connectivity index (χ3v) is 10.2. The van der Waals surface area contributed by atoms with Crippen LogP contribution in [0.2, 0.25) is 23.7 Å². The van der Waals surface area contributed by atoms with Crippen molar-refractivity contribution in [1.82, 2.24) is 0 Å². The summed E-state index contributed by atoms with van der Waals surface area (Å²) >= 11 is 0. The summed E-state index contributed by atoms with van der Waals surface area (Å²) < 4.78 is 0. The van der Waals surface area contributed by atoms with Crippen molar-refractivity contribution in [3.8, 4) is 0 Å². The lowest BCUT2D eigenvalue weighted by Gasteiger charge is -2.42. The fourth-order valence-electron chi connectivity index (χ4n) is 1.88. The molecule has 14 heavy (non-hydrogen) atoms. The zero-order valence-corrected chi connectivity index (χ0v) is 11.9.